The lowest BCUT2D eigenvalue weighted by Crippen LogP contribution is -2.27. The Bertz CT molecular complexity index is 545. The SMILES string of the molecule is CCc1nnc(NS(=O)(=O)CCCNC(C)C)nc1CC. The Kier molecular flexibility index (Phi) is 6.97. The van der Waals surface area contributed by atoms with Gasteiger partial charge in [-0.1, -0.05) is 27.7 Å². The van der Waals surface area contributed by atoms with Crippen molar-refractivity contribution in [3.63, 3.8) is 0 Å². The maximum Gasteiger partial charge on any atom is 0.256 e. The number of nitrogens with one attached hydrogen (secondary N) is 2. The van der Waals surface area contributed by atoms with Crippen LogP contribution in [0.25, 0.3) is 0 Å². The quantitative estimate of drug-likeness (QED) is 0.663. The van der Waals surface area contributed by atoms with Gasteiger partial charge in [-0.2, -0.15) is 0 Å². The molecule has 120 valence electrons. The van der Waals surface area contributed by atoms with Crippen molar-refractivity contribution in [2.24, 2.45) is 0 Å². The third-order valence-electron chi connectivity index (χ3n) is 2.90. The van der Waals surface area contributed by atoms with E-state index in [-0.39, 0.29) is 11.7 Å². The fourth-order valence-corrected chi connectivity index (χ4v) is 2.82. The zero-order valence-corrected chi connectivity index (χ0v) is 14.0. The highest BCUT2D eigenvalue weighted by atomic mass is 32.2. The second-order valence-electron chi connectivity index (χ2n) is 5.12. The van der Waals surface area contributed by atoms with Gasteiger partial charge in [-0.25, -0.2) is 18.1 Å². The molecule has 0 unspecified atom stereocenters. The highest BCUT2D eigenvalue weighted by Crippen LogP contribution is 2.08. The monoisotopic (exact) mass is 315 g/mol. The largest absolute Gasteiger partial charge is 0.314 e. The van der Waals surface area contributed by atoms with Crippen LogP contribution in [0.3, 0.4) is 0 Å². The van der Waals surface area contributed by atoms with E-state index in [0.29, 0.717) is 25.4 Å². The minimum Gasteiger partial charge on any atom is -0.314 e. The van der Waals surface area contributed by atoms with Gasteiger partial charge in [-0.05, 0) is 25.8 Å². The Morgan fingerprint density at radius 1 is 1.10 bits per heavy atom. The van der Waals surface area contributed by atoms with Gasteiger partial charge in [-0.15, -0.1) is 10.2 Å². The number of aromatic nitrogens is 3. The Labute approximate surface area is 127 Å². The molecule has 7 nitrogen and oxygen atoms in total. The van der Waals surface area contributed by atoms with Crippen molar-refractivity contribution < 1.29 is 8.42 Å². The van der Waals surface area contributed by atoms with Crippen LogP contribution in [0, 0.1) is 0 Å². The van der Waals surface area contributed by atoms with Crippen LogP contribution in [0.5, 0.6) is 0 Å². The summed E-state index contributed by atoms with van der Waals surface area (Å²) in [7, 11) is -3.43. The molecule has 0 aliphatic heterocycles. The molecule has 0 aromatic carbocycles. The third kappa shape index (κ3) is 6.34. The molecular formula is C13H25N5O2S. The Morgan fingerprint density at radius 2 is 1.76 bits per heavy atom. The maximum absolute atomic E-state index is 12.0. The standard InChI is InChI=1S/C13H25N5O2S/c1-5-11-12(6-2)16-17-13(15-11)18-21(19,20)9-7-8-14-10(3)4/h10,14H,5-9H2,1-4H3,(H,15,17,18). The molecule has 1 heterocycles. The highest BCUT2D eigenvalue weighted by Gasteiger charge is 2.14. The molecule has 0 aliphatic carbocycles. The van der Waals surface area contributed by atoms with E-state index in [1.807, 2.05) is 27.7 Å². The summed E-state index contributed by atoms with van der Waals surface area (Å²) in [5.41, 5.74) is 1.59. The lowest BCUT2D eigenvalue weighted by molar-refractivity contribution is 0.570. The number of nitrogens with zero attached hydrogens (tertiary/aromatic N) is 3. The molecule has 0 bridgehead atoms. The van der Waals surface area contributed by atoms with Crippen molar-refractivity contribution in [3.8, 4) is 0 Å². The lowest BCUT2D eigenvalue weighted by atomic mass is 10.2. The lowest BCUT2D eigenvalue weighted by Gasteiger charge is -2.10. The predicted octanol–water partition coefficient (Wildman–Crippen LogP) is 1.13. The molecular weight excluding hydrogens is 290 g/mol. The Balaban J connectivity index is 2.62. The van der Waals surface area contributed by atoms with Crippen molar-refractivity contribution in [2.75, 3.05) is 17.0 Å². The van der Waals surface area contributed by atoms with Crippen LogP contribution < -0.4 is 10.0 Å². The number of rotatable bonds is 9. The van der Waals surface area contributed by atoms with Crippen molar-refractivity contribution >= 4 is 16.0 Å². The van der Waals surface area contributed by atoms with E-state index >= 15 is 0 Å². The summed E-state index contributed by atoms with van der Waals surface area (Å²) in [5, 5.41) is 11.0. The average Bonchev–Trinajstić information content (AvgIpc) is 2.43. The summed E-state index contributed by atoms with van der Waals surface area (Å²) >= 11 is 0. The zero-order chi connectivity index (χ0) is 15.9. The molecule has 0 saturated carbocycles. The van der Waals surface area contributed by atoms with Crippen LogP contribution in [0.4, 0.5) is 5.95 Å². The van der Waals surface area contributed by atoms with Crippen LogP contribution >= 0.6 is 0 Å². The van der Waals surface area contributed by atoms with Crippen LogP contribution in [-0.2, 0) is 22.9 Å². The fraction of sp³-hybridized carbons (Fsp3) is 0.769. The number of sulfonamides is 1. The van der Waals surface area contributed by atoms with Gasteiger partial charge < -0.3 is 5.32 Å². The Morgan fingerprint density at radius 3 is 2.33 bits per heavy atom. The fourth-order valence-electron chi connectivity index (χ4n) is 1.82. The molecule has 0 amide bonds. The summed E-state index contributed by atoms with van der Waals surface area (Å²) in [6, 6.07) is 0.349. The molecule has 0 aliphatic rings. The summed E-state index contributed by atoms with van der Waals surface area (Å²) in [6.45, 7) is 8.63. The van der Waals surface area contributed by atoms with Gasteiger partial charge in [0.15, 0.2) is 0 Å². The summed E-state index contributed by atoms with van der Waals surface area (Å²) in [5.74, 6) is 0.0911. The first-order valence-electron chi connectivity index (χ1n) is 7.34. The topological polar surface area (TPSA) is 96.9 Å². The van der Waals surface area contributed by atoms with Crippen molar-refractivity contribution in [2.45, 2.75) is 53.0 Å². The molecule has 1 aromatic heterocycles. The van der Waals surface area contributed by atoms with Gasteiger partial charge in [0.1, 0.15) is 0 Å². The van der Waals surface area contributed by atoms with E-state index in [4.69, 9.17) is 0 Å². The first kappa shape index (κ1) is 17.8. The molecule has 0 spiro atoms. The second kappa shape index (κ2) is 8.23. The number of aryl methyl sites for hydroxylation is 2. The van der Waals surface area contributed by atoms with E-state index < -0.39 is 10.0 Å². The van der Waals surface area contributed by atoms with E-state index in [1.54, 1.807) is 0 Å². The van der Waals surface area contributed by atoms with E-state index in [0.717, 1.165) is 17.8 Å². The first-order chi connectivity index (χ1) is 9.88. The minimum absolute atomic E-state index is 0.0348. The van der Waals surface area contributed by atoms with E-state index in [9.17, 15) is 8.42 Å². The van der Waals surface area contributed by atoms with Gasteiger partial charge >= 0.3 is 0 Å². The van der Waals surface area contributed by atoms with Gasteiger partial charge in [0.2, 0.25) is 10.0 Å². The van der Waals surface area contributed by atoms with Crippen molar-refractivity contribution in [1.29, 1.82) is 0 Å². The predicted molar refractivity (Wildman–Crippen MR) is 83.7 cm³/mol. The van der Waals surface area contributed by atoms with Crippen LogP contribution in [-0.4, -0.2) is 41.9 Å². The third-order valence-corrected chi connectivity index (χ3v) is 4.22. The van der Waals surface area contributed by atoms with E-state index in [1.165, 1.54) is 0 Å². The molecule has 21 heavy (non-hydrogen) atoms. The minimum atomic E-state index is -3.43. The Hall–Kier alpha value is -1.28. The summed E-state index contributed by atoms with van der Waals surface area (Å²) < 4.78 is 26.3. The van der Waals surface area contributed by atoms with Gasteiger partial charge in [0.05, 0.1) is 17.1 Å². The molecule has 0 fully saturated rings. The number of hydrogen-bond donors (Lipinski definition) is 2. The molecule has 1 rings (SSSR count). The smallest absolute Gasteiger partial charge is 0.256 e. The van der Waals surface area contributed by atoms with E-state index in [2.05, 4.69) is 25.2 Å². The van der Waals surface area contributed by atoms with Gasteiger partial charge in [-0.3, -0.25) is 0 Å². The van der Waals surface area contributed by atoms with Crippen molar-refractivity contribution in [3.05, 3.63) is 11.4 Å². The first-order valence-corrected chi connectivity index (χ1v) is 8.99. The van der Waals surface area contributed by atoms with Gasteiger partial charge in [0, 0.05) is 6.04 Å². The van der Waals surface area contributed by atoms with Crippen LogP contribution in [0.1, 0.15) is 45.5 Å². The second-order valence-corrected chi connectivity index (χ2v) is 6.96. The van der Waals surface area contributed by atoms with Crippen LogP contribution in [0.15, 0.2) is 0 Å². The van der Waals surface area contributed by atoms with Crippen LogP contribution in [0.2, 0.25) is 0 Å². The molecule has 8 heteroatoms. The molecule has 0 radical (unpaired) electrons. The molecule has 0 atom stereocenters. The number of anilines is 1. The molecule has 1 aromatic rings. The molecule has 0 saturated heterocycles. The maximum atomic E-state index is 12.0. The zero-order valence-electron chi connectivity index (χ0n) is 13.2. The summed E-state index contributed by atoms with van der Waals surface area (Å²) in [4.78, 5) is 4.22. The average molecular weight is 315 g/mol. The van der Waals surface area contributed by atoms with Gasteiger partial charge in [0.25, 0.3) is 5.95 Å². The molecule has 2 N–H and O–H groups in total. The summed E-state index contributed by atoms with van der Waals surface area (Å²) in [6.07, 6.45) is 1.97. The normalized spacial score (nSPS) is 11.9. The highest BCUT2D eigenvalue weighted by molar-refractivity contribution is 7.92. The van der Waals surface area contributed by atoms with Crippen molar-refractivity contribution in [1.82, 2.24) is 20.5 Å². The number of hydrogen-bond acceptors (Lipinski definition) is 6.